The second-order valence-corrected chi connectivity index (χ2v) is 6.32. The Morgan fingerprint density at radius 3 is 2.85 bits per heavy atom. The summed E-state index contributed by atoms with van der Waals surface area (Å²) in [4.78, 5) is 14.7. The first-order chi connectivity index (χ1) is 9.74. The van der Waals surface area contributed by atoms with Crippen LogP contribution in [-0.4, -0.2) is 28.0 Å². The fraction of sp³-hybridized carbons (Fsp3) is 0.500. The normalized spacial score (nSPS) is 19.0. The standard InChI is InChI=1S/C14H19N5S/c1-9-10(2)20-14(18-9)19-13-12(16-6-7-17-13)11-4-3-5-15-8-11/h6-7,11,15H,3-5,8H2,1-2H3,(H,17,18,19). The maximum Gasteiger partial charge on any atom is 0.188 e. The minimum atomic E-state index is 0.433. The Hall–Kier alpha value is -1.53. The molecular formula is C14H19N5S. The van der Waals surface area contributed by atoms with Crippen molar-refractivity contribution in [1.29, 1.82) is 0 Å². The predicted molar refractivity (Wildman–Crippen MR) is 81.7 cm³/mol. The number of nitrogens with zero attached hydrogens (tertiary/aromatic N) is 3. The molecule has 1 aliphatic heterocycles. The molecule has 0 aliphatic carbocycles. The van der Waals surface area contributed by atoms with Gasteiger partial charge in [0, 0.05) is 29.7 Å². The van der Waals surface area contributed by atoms with Crippen LogP contribution >= 0.6 is 11.3 Å². The van der Waals surface area contributed by atoms with E-state index in [4.69, 9.17) is 0 Å². The lowest BCUT2D eigenvalue weighted by Crippen LogP contribution is -2.29. The molecular weight excluding hydrogens is 270 g/mol. The molecule has 6 heteroatoms. The van der Waals surface area contributed by atoms with E-state index in [2.05, 4.69) is 32.5 Å². The van der Waals surface area contributed by atoms with E-state index < -0.39 is 0 Å². The lowest BCUT2D eigenvalue weighted by Gasteiger charge is -2.23. The Kier molecular flexibility index (Phi) is 3.93. The molecule has 0 aromatic carbocycles. The zero-order valence-corrected chi connectivity index (χ0v) is 12.6. The highest BCUT2D eigenvalue weighted by Crippen LogP contribution is 2.30. The number of rotatable bonds is 3. The Labute approximate surface area is 122 Å². The highest BCUT2D eigenvalue weighted by atomic mass is 32.1. The maximum absolute atomic E-state index is 4.54. The fourth-order valence-electron chi connectivity index (χ4n) is 2.46. The molecule has 0 radical (unpaired) electrons. The van der Waals surface area contributed by atoms with Gasteiger partial charge in [-0.2, -0.15) is 0 Å². The lowest BCUT2D eigenvalue weighted by atomic mass is 9.96. The van der Waals surface area contributed by atoms with Gasteiger partial charge in [-0.25, -0.2) is 9.97 Å². The predicted octanol–water partition coefficient (Wildman–Crippen LogP) is 2.76. The van der Waals surface area contributed by atoms with Crippen molar-refractivity contribution < 1.29 is 0 Å². The van der Waals surface area contributed by atoms with Crippen LogP contribution in [0.3, 0.4) is 0 Å². The number of thiazole rings is 1. The van der Waals surface area contributed by atoms with Gasteiger partial charge in [0.15, 0.2) is 10.9 Å². The summed E-state index contributed by atoms with van der Waals surface area (Å²) in [6.45, 7) is 6.19. The molecule has 106 valence electrons. The van der Waals surface area contributed by atoms with Gasteiger partial charge in [-0.3, -0.25) is 4.98 Å². The minimum Gasteiger partial charge on any atom is -0.316 e. The van der Waals surface area contributed by atoms with Gasteiger partial charge in [-0.05, 0) is 33.2 Å². The van der Waals surface area contributed by atoms with E-state index in [1.807, 2.05) is 6.92 Å². The third-order valence-electron chi connectivity index (χ3n) is 3.66. The monoisotopic (exact) mass is 289 g/mol. The Balaban J connectivity index is 1.85. The van der Waals surface area contributed by atoms with Crippen molar-refractivity contribution in [3.05, 3.63) is 28.7 Å². The average molecular weight is 289 g/mol. The van der Waals surface area contributed by atoms with Crippen LogP contribution in [0, 0.1) is 13.8 Å². The Bertz CT molecular complexity index is 570. The quantitative estimate of drug-likeness (QED) is 0.909. The molecule has 1 atom stereocenters. The molecule has 3 rings (SSSR count). The summed E-state index contributed by atoms with van der Waals surface area (Å²) in [5.41, 5.74) is 2.12. The molecule has 1 aliphatic rings. The first-order valence-corrected chi connectivity index (χ1v) is 7.78. The van der Waals surface area contributed by atoms with Gasteiger partial charge < -0.3 is 10.6 Å². The van der Waals surface area contributed by atoms with Crippen molar-refractivity contribution in [2.75, 3.05) is 18.4 Å². The highest BCUT2D eigenvalue weighted by Gasteiger charge is 2.20. The van der Waals surface area contributed by atoms with Crippen molar-refractivity contribution >= 4 is 22.3 Å². The van der Waals surface area contributed by atoms with Crippen molar-refractivity contribution in [1.82, 2.24) is 20.3 Å². The van der Waals surface area contributed by atoms with Crippen molar-refractivity contribution in [2.24, 2.45) is 0 Å². The van der Waals surface area contributed by atoms with Gasteiger partial charge in [0.1, 0.15) is 0 Å². The van der Waals surface area contributed by atoms with Crippen LogP contribution in [0.1, 0.15) is 35.0 Å². The second-order valence-electron chi connectivity index (χ2n) is 5.12. The van der Waals surface area contributed by atoms with E-state index in [0.717, 1.165) is 41.8 Å². The van der Waals surface area contributed by atoms with Crippen LogP contribution in [0.4, 0.5) is 10.9 Å². The minimum absolute atomic E-state index is 0.433. The number of aryl methyl sites for hydroxylation is 2. The van der Waals surface area contributed by atoms with Crippen LogP contribution in [0.2, 0.25) is 0 Å². The SMILES string of the molecule is Cc1nc(Nc2nccnc2C2CCCNC2)sc1C. The van der Waals surface area contributed by atoms with Crippen molar-refractivity contribution in [3.8, 4) is 0 Å². The molecule has 2 aromatic rings. The van der Waals surface area contributed by atoms with Gasteiger partial charge in [0.25, 0.3) is 0 Å². The zero-order valence-electron chi connectivity index (χ0n) is 11.8. The third-order valence-corrected chi connectivity index (χ3v) is 4.65. The van der Waals surface area contributed by atoms with Crippen molar-refractivity contribution in [2.45, 2.75) is 32.6 Å². The largest absolute Gasteiger partial charge is 0.316 e. The van der Waals surface area contributed by atoms with Crippen molar-refractivity contribution in [3.63, 3.8) is 0 Å². The summed E-state index contributed by atoms with van der Waals surface area (Å²) in [5, 5.41) is 7.66. The molecule has 2 N–H and O–H groups in total. The van der Waals surface area contributed by atoms with Crippen LogP contribution in [-0.2, 0) is 0 Å². The van der Waals surface area contributed by atoms with Gasteiger partial charge in [0.2, 0.25) is 0 Å². The molecule has 5 nitrogen and oxygen atoms in total. The summed E-state index contributed by atoms with van der Waals surface area (Å²) in [6.07, 6.45) is 5.86. The third kappa shape index (κ3) is 2.81. The number of hydrogen-bond acceptors (Lipinski definition) is 6. The second kappa shape index (κ2) is 5.85. The van der Waals surface area contributed by atoms with Gasteiger partial charge in [-0.1, -0.05) is 0 Å². The summed E-state index contributed by atoms with van der Waals surface area (Å²) in [6, 6.07) is 0. The van der Waals surface area contributed by atoms with Crippen LogP contribution in [0.15, 0.2) is 12.4 Å². The van der Waals surface area contributed by atoms with Gasteiger partial charge in [0.05, 0.1) is 11.4 Å². The molecule has 3 heterocycles. The fourth-order valence-corrected chi connectivity index (χ4v) is 3.27. The van der Waals surface area contributed by atoms with E-state index in [9.17, 15) is 0 Å². The molecule has 0 bridgehead atoms. The molecule has 0 amide bonds. The van der Waals surface area contributed by atoms with Gasteiger partial charge in [-0.15, -0.1) is 11.3 Å². The van der Waals surface area contributed by atoms with E-state index >= 15 is 0 Å². The summed E-state index contributed by atoms with van der Waals surface area (Å²) >= 11 is 1.66. The van der Waals surface area contributed by atoms with Crippen LogP contribution < -0.4 is 10.6 Å². The highest BCUT2D eigenvalue weighted by molar-refractivity contribution is 7.15. The van der Waals surface area contributed by atoms with Gasteiger partial charge >= 0.3 is 0 Å². The molecule has 20 heavy (non-hydrogen) atoms. The summed E-state index contributed by atoms with van der Waals surface area (Å²) in [5.74, 6) is 1.28. The first-order valence-electron chi connectivity index (χ1n) is 6.96. The van der Waals surface area contributed by atoms with E-state index in [1.54, 1.807) is 23.7 Å². The first kappa shape index (κ1) is 13.5. The van der Waals surface area contributed by atoms with Crippen LogP contribution in [0.25, 0.3) is 0 Å². The Morgan fingerprint density at radius 2 is 2.15 bits per heavy atom. The molecule has 0 spiro atoms. The molecule has 1 unspecified atom stereocenters. The van der Waals surface area contributed by atoms with E-state index in [0.29, 0.717) is 5.92 Å². The zero-order chi connectivity index (χ0) is 13.9. The molecule has 2 aromatic heterocycles. The van der Waals surface area contributed by atoms with E-state index in [-0.39, 0.29) is 0 Å². The smallest absolute Gasteiger partial charge is 0.188 e. The lowest BCUT2D eigenvalue weighted by molar-refractivity contribution is 0.455. The van der Waals surface area contributed by atoms with Crippen LogP contribution in [0.5, 0.6) is 0 Å². The summed E-state index contributed by atoms with van der Waals surface area (Å²) < 4.78 is 0. The van der Waals surface area contributed by atoms with E-state index in [1.165, 1.54) is 11.3 Å². The number of nitrogens with one attached hydrogen (secondary N) is 2. The number of anilines is 2. The molecule has 1 saturated heterocycles. The number of piperidine rings is 1. The Morgan fingerprint density at radius 1 is 1.30 bits per heavy atom. The number of hydrogen-bond donors (Lipinski definition) is 2. The maximum atomic E-state index is 4.54. The average Bonchev–Trinajstić information content (AvgIpc) is 2.79. The topological polar surface area (TPSA) is 62.7 Å². The number of aromatic nitrogens is 3. The molecule has 1 fully saturated rings. The summed E-state index contributed by atoms with van der Waals surface area (Å²) in [7, 11) is 0. The molecule has 0 saturated carbocycles.